The van der Waals surface area contributed by atoms with Crippen LogP contribution in [-0.2, 0) is 6.54 Å². The van der Waals surface area contributed by atoms with E-state index in [2.05, 4.69) is 19.2 Å². The summed E-state index contributed by atoms with van der Waals surface area (Å²) in [5.41, 5.74) is 1.15. The smallest absolute Gasteiger partial charge is 0.335 e. The maximum atomic E-state index is 12.2. The molecule has 114 valence electrons. The van der Waals surface area contributed by atoms with Gasteiger partial charge in [-0.2, -0.15) is 0 Å². The van der Waals surface area contributed by atoms with Crippen LogP contribution in [0.1, 0.15) is 42.6 Å². The minimum atomic E-state index is -0.943. The number of hydrogen-bond donors (Lipinski definition) is 2. The zero-order valence-electron chi connectivity index (χ0n) is 12.5. The lowest BCUT2D eigenvalue weighted by Gasteiger charge is -2.36. The fraction of sp³-hybridized carbons (Fsp3) is 0.500. The number of nitrogens with zero attached hydrogens (tertiary/aromatic N) is 1. The predicted octanol–water partition coefficient (Wildman–Crippen LogP) is 2.71. The van der Waals surface area contributed by atoms with Gasteiger partial charge in [-0.15, -0.1) is 0 Å². The monoisotopic (exact) mass is 290 g/mol. The number of aromatic carboxylic acids is 1. The largest absolute Gasteiger partial charge is 0.478 e. The van der Waals surface area contributed by atoms with Gasteiger partial charge in [-0.1, -0.05) is 19.1 Å². The number of urea groups is 1. The molecule has 0 saturated carbocycles. The van der Waals surface area contributed by atoms with Crippen LogP contribution in [0, 0.1) is 5.92 Å². The van der Waals surface area contributed by atoms with Crippen molar-refractivity contribution in [2.75, 3.05) is 6.54 Å². The molecule has 21 heavy (non-hydrogen) atoms. The second-order valence-corrected chi connectivity index (χ2v) is 5.84. The summed E-state index contributed by atoms with van der Waals surface area (Å²) in [6.07, 6.45) is 2.21. The van der Waals surface area contributed by atoms with Crippen LogP contribution >= 0.6 is 0 Å². The van der Waals surface area contributed by atoms with Gasteiger partial charge in [0.15, 0.2) is 0 Å². The molecule has 1 aromatic carbocycles. The Hall–Kier alpha value is -2.04. The van der Waals surface area contributed by atoms with E-state index in [1.54, 1.807) is 24.3 Å². The number of carbonyl (C=O) groups is 2. The van der Waals surface area contributed by atoms with Crippen molar-refractivity contribution in [1.29, 1.82) is 0 Å². The zero-order valence-corrected chi connectivity index (χ0v) is 12.5. The van der Waals surface area contributed by atoms with Crippen LogP contribution in [0.15, 0.2) is 24.3 Å². The standard InChI is InChI=1S/C16H22N2O3/c1-11-3-4-12(2)18(10-11)16(21)17-9-13-5-7-14(8-6-13)15(19)20/h5-8,11-12H,3-4,9-10H2,1-2H3,(H,17,21)(H,19,20). The Kier molecular flexibility index (Phi) is 4.83. The van der Waals surface area contributed by atoms with Gasteiger partial charge in [0.1, 0.15) is 0 Å². The molecule has 2 rings (SSSR count). The highest BCUT2D eigenvalue weighted by atomic mass is 16.4. The number of carboxylic acid groups (broad SMARTS) is 1. The van der Waals surface area contributed by atoms with E-state index >= 15 is 0 Å². The van der Waals surface area contributed by atoms with Gasteiger partial charge in [0.2, 0.25) is 0 Å². The van der Waals surface area contributed by atoms with E-state index < -0.39 is 5.97 Å². The summed E-state index contributed by atoms with van der Waals surface area (Å²) < 4.78 is 0. The molecule has 2 atom stereocenters. The summed E-state index contributed by atoms with van der Waals surface area (Å²) in [7, 11) is 0. The molecule has 5 nitrogen and oxygen atoms in total. The van der Waals surface area contributed by atoms with Crippen LogP contribution in [0.25, 0.3) is 0 Å². The summed E-state index contributed by atoms with van der Waals surface area (Å²) in [4.78, 5) is 24.9. The Labute approximate surface area is 125 Å². The van der Waals surface area contributed by atoms with Gasteiger partial charge in [0, 0.05) is 19.1 Å². The van der Waals surface area contributed by atoms with Gasteiger partial charge in [0.25, 0.3) is 0 Å². The molecular formula is C16H22N2O3. The van der Waals surface area contributed by atoms with Crippen LogP contribution in [0.4, 0.5) is 4.79 Å². The molecule has 0 radical (unpaired) electrons. The number of likely N-dealkylation sites (tertiary alicyclic amines) is 1. The van der Waals surface area contributed by atoms with E-state index in [4.69, 9.17) is 5.11 Å². The summed E-state index contributed by atoms with van der Waals surface area (Å²) in [5.74, 6) is -0.400. The van der Waals surface area contributed by atoms with Crippen molar-refractivity contribution < 1.29 is 14.7 Å². The topological polar surface area (TPSA) is 69.6 Å². The normalized spacial score (nSPS) is 21.9. The second-order valence-electron chi connectivity index (χ2n) is 5.84. The second kappa shape index (κ2) is 6.61. The van der Waals surface area contributed by atoms with Crippen molar-refractivity contribution in [2.45, 2.75) is 39.3 Å². The van der Waals surface area contributed by atoms with Crippen molar-refractivity contribution >= 4 is 12.0 Å². The Morgan fingerprint density at radius 1 is 1.24 bits per heavy atom. The van der Waals surface area contributed by atoms with E-state index in [9.17, 15) is 9.59 Å². The number of carboxylic acids is 1. The molecule has 5 heteroatoms. The number of carbonyl (C=O) groups excluding carboxylic acids is 1. The molecule has 1 aliphatic rings. The highest BCUT2D eigenvalue weighted by Crippen LogP contribution is 2.21. The van der Waals surface area contributed by atoms with E-state index in [1.807, 2.05) is 4.90 Å². The van der Waals surface area contributed by atoms with Crippen molar-refractivity contribution in [3.05, 3.63) is 35.4 Å². The fourth-order valence-corrected chi connectivity index (χ4v) is 2.62. The lowest BCUT2D eigenvalue weighted by Crippen LogP contribution is -2.49. The third-order valence-electron chi connectivity index (χ3n) is 4.02. The third-order valence-corrected chi connectivity index (χ3v) is 4.02. The maximum Gasteiger partial charge on any atom is 0.335 e. The number of rotatable bonds is 3. The van der Waals surface area contributed by atoms with E-state index in [0.717, 1.165) is 18.5 Å². The van der Waals surface area contributed by atoms with E-state index in [-0.39, 0.29) is 17.6 Å². The van der Waals surface area contributed by atoms with Crippen LogP contribution in [0.5, 0.6) is 0 Å². The molecule has 2 N–H and O–H groups in total. The van der Waals surface area contributed by atoms with Gasteiger partial charge < -0.3 is 15.3 Å². The fourth-order valence-electron chi connectivity index (χ4n) is 2.62. The van der Waals surface area contributed by atoms with E-state index in [0.29, 0.717) is 12.5 Å². The molecule has 0 spiro atoms. The summed E-state index contributed by atoms with van der Waals surface area (Å²) >= 11 is 0. The molecule has 0 aliphatic carbocycles. The first kappa shape index (κ1) is 15.4. The van der Waals surface area contributed by atoms with Gasteiger partial charge in [-0.25, -0.2) is 9.59 Å². The average Bonchev–Trinajstić information content (AvgIpc) is 2.47. The number of benzene rings is 1. The first-order chi connectivity index (χ1) is 9.97. The van der Waals surface area contributed by atoms with Gasteiger partial charge >= 0.3 is 12.0 Å². The first-order valence-corrected chi connectivity index (χ1v) is 7.34. The quantitative estimate of drug-likeness (QED) is 0.899. The third kappa shape index (κ3) is 3.97. The van der Waals surface area contributed by atoms with E-state index in [1.165, 1.54) is 6.42 Å². The molecule has 1 saturated heterocycles. The number of hydrogen-bond acceptors (Lipinski definition) is 2. The molecule has 2 amide bonds. The van der Waals surface area contributed by atoms with Gasteiger partial charge in [-0.05, 0) is 43.4 Å². The highest BCUT2D eigenvalue weighted by molar-refractivity contribution is 5.87. The maximum absolute atomic E-state index is 12.2. The summed E-state index contributed by atoms with van der Waals surface area (Å²) in [6.45, 7) is 5.45. The summed E-state index contributed by atoms with van der Waals surface area (Å²) in [6, 6.07) is 6.79. The Morgan fingerprint density at radius 3 is 2.52 bits per heavy atom. The molecule has 1 aliphatic heterocycles. The SMILES string of the molecule is CC1CCC(C)N(C(=O)NCc2ccc(C(=O)O)cc2)C1. The minimum Gasteiger partial charge on any atom is -0.478 e. The Balaban J connectivity index is 1.89. The molecule has 0 aromatic heterocycles. The minimum absolute atomic E-state index is 0.0450. The molecule has 1 aromatic rings. The van der Waals surface area contributed by atoms with Crippen LogP contribution in [-0.4, -0.2) is 34.6 Å². The molecule has 1 heterocycles. The predicted molar refractivity (Wildman–Crippen MR) is 80.2 cm³/mol. The first-order valence-electron chi connectivity index (χ1n) is 7.34. The van der Waals surface area contributed by atoms with Crippen LogP contribution < -0.4 is 5.32 Å². The van der Waals surface area contributed by atoms with Crippen molar-refractivity contribution in [1.82, 2.24) is 10.2 Å². The number of piperidine rings is 1. The zero-order chi connectivity index (χ0) is 15.4. The molecule has 1 fully saturated rings. The lowest BCUT2D eigenvalue weighted by molar-refractivity contribution is 0.0697. The summed E-state index contributed by atoms with van der Waals surface area (Å²) in [5, 5.41) is 11.7. The van der Waals surface area contributed by atoms with Crippen molar-refractivity contribution in [3.63, 3.8) is 0 Å². The van der Waals surface area contributed by atoms with Crippen molar-refractivity contribution in [2.24, 2.45) is 5.92 Å². The lowest BCUT2D eigenvalue weighted by atomic mass is 9.95. The number of amides is 2. The Bertz CT molecular complexity index is 513. The Morgan fingerprint density at radius 2 is 1.90 bits per heavy atom. The average molecular weight is 290 g/mol. The number of nitrogens with one attached hydrogen (secondary N) is 1. The van der Waals surface area contributed by atoms with Gasteiger partial charge in [0.05, 0.1) is 5.56 Å². The van der Waals surface area contributed by atoms with Crippen LogP contribution in [0.3, 0.4) is 0 Å². The molecule has 0 bridgehead atoms. The highest BCUT2D eigenvalue weighted by Gasteiger charge is 2.26. The van der Waals surface area contributed by atoms with Crippen molar-refractivity contribution in [3.8, 4) is 0 Å². The molecule has 2 unspecified atom stereocenters. The molecular weight excluding hydrogens is 268 g/mol. The van der Waals surface area contributed by atoms with Crippen LogP contribution in [0.2, 0.25) is 0 Å². The van der Waals surface area contributed by atoms with Gasteiger partial charge in [-0.3, -0.25) is 0 Å².